The molecule has 0 atom stereocenters. The zero-order chi connectivity index (χ0) is 16.4. The van der Waals surface area contributed by atoms with Crippen LogP contribution >= 0.6 is 0 Å². The van der Waals surface area contributed by atoms with Crippen LogP contribution in [0.3, 0.4) is 0 Å². The van der Waals surface area contributed by atoms with Crippen LogP contribution in [0.15, 0.2) is 18.3 Å². The van der Waals surface area contributed by atoms with Crippen LogP contribution in [-0.2, 0) is 13.0 Å². The number of aryl methyl sites for hydroxylation is 1. The fourth-order valence-electron chi connectivity index (χ4n) is 3.01. The van der Waals surface area contributed by atoms with Crippen molar-refractivity contribution < 1.29 is 14.3 Å². The monoisotopic (exact) mass is 313 g/mol. The molecule has 0 aliphatic heterocycles. The maximum absolute atomic E-state index is 12.4. The number of pyridine rings is 1. The van der Waals surface area contributed by atoms with Crippen LogP contribution in [0.1, 0.15) is 50.5 Å². The second-order valence-electron chi connectivity index (χ2n) is 5.61. The molecule has 0 saturated heterocycles. The summed E-state index contributed by atoms with van der Waals surface area (Å²) in [6.07, 6.45) is 3.84. The highest BCUT2D eigenvalue weighted by Gasteiger charge is 2.26. The number of H-pyrrole nitrogens is 1. The SMILES string of the molecule is COc1ncccc1CNC(=O)c1[nH]c2c(c1C)C(=O)CCC2. The van der Waals surface area contributed by atoms with Crippen LogP contribution < -0.4 is 10.1 Å². The van der Waals surface area contributed by atoms with Gasteiger partial charge in [0, 0.05) is 36.0 Å². The number of methoxy groups -OCH3 is 1. The van der Waals surface area contributed by atoms with Gasteiger partial charge in [-0.2, -0.15) is 0 Å². The number of aromatic nitrogens is 2. The van der Waals surface area contributed by atoms with Gasteiger partial charge in [-0.15, -0.1) is 0 Å². The Balaban J connectivity index is 1.78. The molecule has 0 unspecified atom stereocenters. The van der Waals surface area contributed by atoms with E-state index in [4.69, 9.17) is 4.74 Å². The van der Waals surface area contributed by atoms with Crippen molar-refractivity contribution in [1.29, 1.82) is 0 Å². The Morgan fingerprint density at radius 2 is 2.26 bits per heavy atom. The number of ketones is 1. The fourth-order valence-corrected chi connectivity index (χ4v) is 3.01. The lowest BCUT2D eigenvalue weighted by molar-refractivity contribution is 0.0944. The van der Waals surface area contributed by atoms with E-state index in [0.29, 0.717) is 30.1 Å². The van der Waals surface area contributed by atoms with Gasteiger partial charge in [0.25, 0.3) is 5.91 Å². The van der Waals surface area contributed by atoms with Gasteiger partial charge in [0.15, 0.2) is 5.78 Å². The standard InChI is InChI=1S/C17H19N3O3/c1-10-14-12(6-3-7-13(14)21)20-15(10)16(22)19-9-11-5-4-8-18-17(11)23-2/h4-5,8,20H,3,6-7,9H2,1-2H3,(H,19,22). The number of nitrogens with one attached hydrogen (secondary N) is 2. The first-order valence-electron chi connectivity index (χ1n) is 7.62. The van der Waals surface area contributed by atoms with Crippen LogP contribution in [0.4, 0.5) is 0 Å². The molecule has 0 saturated carbocycles. The highest BCUT2D eigenvalue weighted by Crippen LogP contribution is 2.26. The third-order valence-electron chi connectivity index (χ3n) is 4.15. The summed E-state index contributed by atoms with van der Waals surface area (Å²) in [5.41, 5.74) is 3.57. The predicted octanol–water partition coefficient (Wildman–Crippen LogP) is 2.18. The maximum Gasteiger partial charge on any atom is 0.268 e. The first-order valence-corrected chi connectivity index (χ1v) is 7.62. The van der Waals surface area contributed by atoms with Crippen LogP contribution in [0, 0.1) is 6.92 Å². The number of amides is 1. The molecule has 6 nitrogen and oxygen atoms in total. The minimum Gasteiger partial charge on any atom is -0.481 e. The van der Waals surface area contributed by atoms with Crippen molar-refractivity contribution in [3.05, 3.63) is 46.4 Å². The van der Waals surface area contributed by atoms with Crippen molar-refractivity contribution in [2.75, 3.05) is 7.11 Å². The summed E-state index contributed by atoms with van der Waals surface area (Å²) >= 11 is 0. The van der Waals surface area contributed by atoms with Gasteiger partial charge in [0.2, 0.25) is 5.88 Å². The molecule has 1 aliphatic carbocycles. The van der Waals surface area contributed by atoms with Crippen LogP contribution in [0.25, 0.3) is 0 Å². The topological polar surface area (TPSA) is 84.1 Å². The molecule has 0 bridgehead atoms. The molecule has 0 spiro atoms. The molecule has 2 aromatic rings. The Labute approximate surface area is 134 Å². The zero-order valence-electron chi connectivity index (χ0n) is 13.2. The van der Waals surface area contributed by atoms with E-state index < -0.39 is 0 Å². The number of ether oxygens (including phenoxy) is 1. The molecule has 6 heteroatoms. The zero-order valence-corrected chi connectivity index (χ0v) is 13.2. The van der Waals surface area contributed by atoms with Crippen molar-refractivity contribution in [3.8, 4) is 5.88 Å². The number of hydrogen-bond acceptors (Lipinski definition) is 4. The molecule has 0 aromatic carbocycles. The summed E-state index contributed by atoms with van der Waals surface area (Å²) in [4.78, 5) is 31.7. The summed E-state index contributed by atoms with van der Waals surface area (Å²) in [5, 5.41) is 2.85. The van der Waals surface area contributed by atoms with E-state index >= 15 is 0 Å². The summed E-state index contributed by atoms with van der Waals surface area (Å²) in [5.74, 6) is 0.383. The lowest BCUT2D eigenvalue weighted by Crippen LogP contribution is -2.24. The fraction of sp³-hybridized carbons (Fsp3) is 0.353. The van der Waals surface area contributed by atoms with Crippen LogP contribution in [-0.4, -0.2) is 28.8 Å². The van der Waals surface area contributed by atoms with E-state index in [-0.39, 0.29) is 11.7 Å². The second-order valence-corrected chi connectivity index (χ2v) is 5.61. The van der Waals surface area contributed by atoms with E-state index in [1.165, 1.54) is 0 Å². The smallest absolute Gasteiger partial charge is 0.268 e. The van der Waals surface area contributed by atoms with Gasteiger partial charge in [-0.25, -0.2) is 4.98 Å². The molecule has 3 rings (SSSR count). The van der Waals surface area contributed by atoms with Crippen LogP contribution in [0.2, 0.25) is 0 Å². The van der Waals surface area contributed by atoms with Crippen molar-refractivity contribution in [2.45, 2.75) is 32.7 Å². The van der Waals surface area contributed by atoms with Gasteiger partial charge in [0.05, 0.1) is 7.11 Å². The van der Waals surface area contributed by atoms with Gasteiger partial charge in [-0.05, 0) is 31.4 Å². The van der Waals surface area contributed by atoms with E-state index in [1.807, 2.05) is 13.0 Å². The summed E-state index contributed by atoms with van der Waals surface area (Å²) in [7, 11) is 1.54. The molecule has 2 aromatic heterocycles. The normalized spacial score (nSPS) is 13.6. The third-order valence-corrected chi connectivity index (χ3v) is 4.15. The van der Waals surface area contributed by atoms with Gasteiger partial charge in [-0.1, -0.05) is 6.07 Å². The first-order chi connectivity index (χ1) is 11.1. The Morgan fingerprint density at radius 3 is 3.00 bits per heavy atom. The van der Waals surface area contributed by atoms with E-state index in [9.17, 15) is 9.59 Å². The van der Waals surface area contributed by atoms with E-state index in [2.05, 4.69) is 15.3 Å². The molecule has 1 aliphatic rings. The minimum absolute atomic E-state index is 0.118. The number of carbonyl (C=O) groups is 2. The second kappa shape index (κ2) is 6.24. The molecule has 0 radical (unpaired) electrons. The number of aromatic amines is 1. The maximum atomic E-state index is 12.4. The Bertz CT molecular complexity index is 764. The third kappa shape index (κ3) is 2.84. The quantitative estimate of drug-likeness (QED) is 0.906. The molecular formula is C17H19N3O3. The number of fused-ring (bicyclic) bond motifs is 1. The number of Topliss-reactive ketones (excluding diaryl/α,β-unsaturated/α-hetero) is 1. The molecule has 23 heavy (non-hydrogen) atoms. The molecule has 1 amide bonds. The van der Waals surface area contributed by atoms with Gasteiger partial charge >= 0.3 is 0 Å². The number of rotatable bonds is 4. The summed E-state index contributed by atoms with van der Waals surface area (Å²) < 4.78 is 5.17. The highest BCUT2D eigenvalue weighted by atomic mass is 16.5. The van der Waals surface area contributed by atoms with Crippen molar-refractivity contribution >= 4 is 11.7 Å². The summed E-state index contributed by atoms with van der Waals surface area (Å²) in [6, 6.07) is 3.64. The van der Waals surface area contributed by atoms with E-state index in [1.54, 1.807) is 19.4 Å². The lowest BCUT2D eigenvalue weighted by atomic mass is 9.94. The minimum atomic E-state index is -0.226. The Morgan fingerprint density at radius 1 is 1.43 bits per heavy atom. The van der Waals surface area contributed by atoms with Crippen molar-refractivity contribution in [1.82, 2.24) is 15.3 Å². The molecule has 2 heterocycles. The predicted molar refractivity (Wildman–Crippen MR) is 84.8 cm³/mol. The number of carbonyl (C=O) groups excluding carboxylic acids is 2. The molecule has 120 valence electrons. The Kier molecular flexibility index (Phi) is 4.14. The van der Waals surface area contributed by atoms with E-state index in [0.717, 1.165) is 29.7 Å². The largest absolute Gasteiger partial charge is 0.481 e. The number of hydrogen-bond donors (Lipinski definition) is 2. The van der Waals surface area contributed by atoms with Crippen molar-refractivity contribution in [3.63, 3.8) is 0 Å². The average Bonchev–Trinajstić information content (AvgIpc) is 2.91. The highest BCUT2D eigenvalue weighted by molar-refractivity contribution is 6.04. The molecule has 0 fully saturated rings. The summed E-state index contributed by atoms with van der Waals surface area (Å²) in [6.45, 7) is 2.13. The van der Waals surface area contributed by atoms with Crippen molar-refractivity contribution in [2.24, 2.45) is 0 Å². The molecular weight excluding hydrogens is 294 g/mol. The van der Waals surface area contributed by atoms with Gasteiger partial charge < -0.3 is 15.0 Å². The van der Waals surface area contributed by atoms with Crippen LogP contribution in [0.5, 0.6) is 5.88 Å². The Hall–Kier alpha value is -2.63. The first kappa shape index (κ1) is 15.3. The lowest BCUT2D eigenvalue weighted by Gasteiger charge is -2.09. The molecule has 2 N–H and O–H groups in total. The van der Waals surface area contributed by atoms with Gasteiger partial charge in [0.1, 0.15) is 5.69 Å². The van der Waals surface area contributed by atoms with Gasteiger partial charge in [-0.3, -0.25) is 9.59 Å². The average molecular weight is 313 g/mol. The number of nitrogens with zero attached hydrogens (tertiary/aromatic N) is 1.